The van der Waals surface area contributed by atoms with Gasteiger partial charge >= 0.3 is 0 Å². The Labute approximate surface area is 98.8 Å². The molecule has 1 aliphatic heterocycles. The van der Waals surface area contributed by atoms with Gasteiger partial charge in [-0.2, -0.15) is 0 Å². The Morgan fingerprint density at radius 2 is 2.53 bits per heavy atom. The topological polar surface area (TPSA) is 37.0 Å². The molecule has 0 radical (unpaired) electrons. The van der Waals surface area contributed by atoms with Gasteiger partial charge in [-0.25, -0.2) is 4.98 Å². The lowest BCUT2D eigenvalue weighted by atomic mass is 10.2. The van der Waals surface area contributed by atoms with Crippen LogP contribution in [-0.2, 0) is 6.54 Å². The van der Waals surface area contributed by atoms with Gasteiger partial charge in [0.2, 0.25) is 0 Å². The van der Waals surface area contributed by atoms with Gasteiger partial charge in [0.05, 0.1) is 0 Å². The fourth-order valence-electron chi connectivity index (χ4n) is 1.87. The van der Waals surface area contributed by atoms with Gasteiger partial charge in [-0.1, -0.05) is 0 Å². The SMILES string of the molecule is Brc1cc(CNC[C@@H]2CCCN2)ccn1. The van der Waals surface area contributed by atoms with Crippen LogP contribution in [0.3, 0.4) is 0 Å². The van der Waals surface area contributed by atoms with Crippen molar-refractivity contribution in [2.45, 2.75) is 25.4 Å². The fraction of sp³-hybridized carbons (Fsp3) is 0.545. The molecule has 0 aliphatic carbocycles. The quantitative estimate of drug-likeness (QED) is 0.817. The summed E-state index contributed by atoms with van der Waals surface area (Å²) in [6.07, 6.45) is 4.44. The highest BCUT2D eigenvalue weighted by Crippen LogP contribution is 2.08. The minimum atomic E-state index is 0.662. The predicted molar refractivity (Wildman–Crippen MR) is 64.7 cm³/mol. The fourth-order valence-corrected chi connectivity index (χ4v) is 2.29. The van der Waals surface area contributed by atoms with Crippen LogP contribution >= 0.6 is 15.9 Å². The Hall–Kier alpha value is -0.450. The third-order valence-electron chi connectivity index (χ3n) is 2.67. The second kappa shape index (κ2) is 5.58. The van der Waals surface area contributed by atoms with Gasteiger partial charge in [-0.15, -0.1) is 0 Å². The van der Waals surface area contributed by atoms with Crippen LogP contribution in [0.5, 0.6) is 0 Å². The van der Waals surface area contributed by atoms with E-state index in [9.17, 15) is 0 Å². The third kappa shape index (κ3) is 3.55. The van der Waals surface area contributed by atoms with Crippen LogP contribution in [0.25, 0.3) is 0 Å². The van der Waals surface area contributed by atoms with Gasteiger partial charge in [-0.05, 0) is 53.0 Å². The first-order chi connectivity index (χ1) is 7.34. The van der Waals surface area contributed by atoms with E-state index in [1.54, 1.807) is 0 Å². The molecule has 3 nitrogen and oxygen atoms in total. The smallest absolute Gasteiger partial charge is 0.106 e. The van der Waals surface area contributed by atoms with Crippen LogP contribution in [0.1, 0.15) is 18.4 Å². The Kier molecular flexibility index (Phi) is 4.11. The summed E-state index contributed by atoms with van der Waals surface area (Å²) in [5, 5.41) is 6.93. The van der Waals surface area contributed by atoms with Gasteiger partial charge in [-0.3, -0.25) is 0 Å². The van der Waals surface area contributed by atoms with Crippen LogP contribution in [0.15, 0.2) is 22.9 Å². The summed E-state index contributed by atoms with van der Waals surface area (Å²) in [5.41, 5.74) is 1.27. The molecular weight excluding hydrogens is 254 g/mol. The number of nitrogens with zero attached hydrogens (tertiary/aromatic N) is 1. The standard InChI is InChI=1S/C11H16BrN3/c12-11-6-9(3-5-15-11)7-13-8-10-2-1-4-14-10/h3,5-6,10,13-14H,1-2,4,7-8H2/t10-/m0/s1. The second-order valence-corrected chi connectivity index (χ2v) is 4.72. The largest absolute Gasteiger partial charge is 0.313 e. The molecule has 0 unspecified atom stereocenters. The van der Waals surface area contributed by atoms with Gasteiger partial charge in [0, 0.05) is 25.3 Å². The van der Waals surface area contributed by atoms with Gasteiger partial charge in [0.15, 0.2) is 0 Å². The van der Waals surface area contributed by atoms with Crippen molar-refractivity contribution in [3.63, 3.8) is 0 Å². The average molecular weight is 270 g/mol. The minimum absolute atomic E-state index is 0.662. The van der Waals surface area contributed by atoms with E-state index in [2.05, 4.69) is 37.6 Å². The van der Waals surface area contributed by atoms with E-state index in [0.717, 1.165) is 17.7 Å². The van der Waals surface area contributed by atoms with Crippen LogP contribution < -0.4 is 10.6 Å². The van der Waals surface area contributed by atoms with Crippen LogP contribution in [0.4, 0.5) is 0 Å². The van der Waals surface area contributed by atoms with E-state index in [4.69, 9.17) is 0 Å². The zero-order chi connectivity index (χ0) is 10.5. The third-order valence-corrected chi connectivity index (χ3v) is 3.11. The molecule has 1 aliphatic rings. The molecule has 2 N–H and O–H groups in total. The highest BCUT2D eigenvalue weighted by Gasteiger charge is 2.12. The van der Waals surface area contributed by atoms with E-state index in [-0.39, 0.29) is 0 Å². The summed E-state index contributed by atoms with van der Waals surface area (Å²) in [4.78, 5) is 4.10. The summed E-state index contributed by atoms with van der Waals surface area (Å²) in [7, 11) is 0. The molecule has 1 aromatic rings. The lowest BCUT2D eigenvalue weighted by Gasteiger charge is -2.11. The van der Waals surface area contributed by atoms with Crippen molar-refractivity contribution in [3.05, 3.63) is 28.5 Å². The van der Waals surface area contributed by atoms with Crippen molar-refractivity contribution >= 4 is 15.9 Å². The molecule has 0 amide bonds. The molecule has 1 saturated heterocycles. The number of aromatic nitrogens is 1. The molecule has 4 heteroatoms. The lowest BCUT2D eigenvalue weighted by molar-refractivity contribution is 0.535. The van der Waals surface area contributed by atoms with Crippen molar-refractivity contribution in [2.75, 3.05) is 13.1 Å². The van der Waals surface area contributed by atoms with Crippen molar-refractivity contribution in [2.24, 2.45) is 0 Å². The van der Waals surface area contributed by atoms with Crippen molar-refractivity contribution in [1.29, 1.82) is 0 Å². The maximum atomic E-state index is 4.10. The van der Waals surface area contributed by atoms with Crippen molar-refractivity contribution in [3.8, 4) is 0 Å². The van der Waals surface area contributed by atoms with E-state index >= 15 is 0 Å². The Balaban J connectivity index is 1.73. The zero-order valence-electron chi connectivity index (χ0n) is 8.67. The summed E-state index contributed by atoms with van der Waals surface area (Å²) in [6.45, 7) is 3.15. The maximum Gasteiger partial charge on any atom is 0.106 e. The summed E-state index contributed by atoms with van der Waals surface area (Å²) < 4.78 is 0.904. The highest BCUT2D eigenvalue weighted by atomic mass is 79.9. The zero-order valence-corrected chi connectivity index (χ0v) is 10.3. The van der Waals surface area contributed by atoms with E-state index < -0.39 is 0 Å². The van der Waals surface area contributed by atoms with Crippen LogP contribution in [0, 0.1) is 0 Å². The van der Waals surface area contributed by atoms with Gasteiger partial charge in [0.25, 0.3) is 0 Å². The second-order valence-electron chi connectivity index (χ2n) is 3.91. The predicted octanol–water partition coefficient (Wildman–Crippen LogP) is 1.69. The number of halogens is 1. The minimum Gasteiger partial charge on any atom is -0.313 e. The number of hydrogen-bond donors (Lipinski definition) is 2. The summed E-state index contributed by atoms with van der Waals surface area (Å²) in [6, 6.07) is 4.75. The number of nitrogens with one attached hydrogen (secondary N) is 2. The van der Waals surface area contributed by atoms with E-state index in [1.165, 1.54) is 24.9 Å². The van der Waals surface area contributed by atoms with E-state index in [0.29, 0.717) is 6.04 Å². The maximum absolute atomic E-state index is 4.10. The normalized spacial score (nSPS) is 20.7. The number of rotatable bonds is 4. The highest BCUT2D eigenvalue weighted by molar-refractivity contribution is 9.10. The molecule has 2 heterocycles. The van der Waals surface area contributed by atoms with Gasteiger partial charge < -0.3 is 10.6 Å². The first kappa shape index (κ1) is 11.0. The molecule has 1 atom stereocenters. The molecule has 1 fully saturated rings. The number of hydrogen-bond acceptors (Lipinski definition) is 3. The molecule has 0 bridgehead atoms. The molecular formula is C11H16BrN3. The molecule has 2 rings (SSSR count). The van der Waals surface area contributed by atoms with Gasteiger partial charge in [0.1, 0.15) is 4.60 Å². The molecule has 0 spiro atoms. The van der Waals surface area contributed by atoms with Crippen LogP contribution in [-0.4, -0.2) is 24.1 Å². The average Bonchev–Trinajstić information content (AvgIpc) is 2.71. The Morgan fingerprint density at radius 1 is 1.60 bits per heavy atom. The molecule has 15 heavy (non-hydrogen) atoms. The van der Waals surface area contributed by atoms with Crippen molar-refractivity contribution in [1.82, 2.24) is 15.6 Å². The monoisotopic (exact) mass is 269 g/mol. The Bertz CT molecular complexity index is 310. The molecule has 82 valence electrons. The first-order valence-electron chi connectivity index (χ1n) is 5.39. The van der Waals surface area contributed by atoms with Crippen molar-refractivity contribution < 1.29 is 0 Å². The van der Waals surface area contributed by atoms with E-state index in [1.807, 2.05) is 12.3 Å². The molecule has 0 saturated carbocycles. The van der Waals surface area contributed by atoms with Crippen LogP contribution in [0.2, 0.25) is 0 Å². The summed E-state index contributed by atoms with van der Waals surface area (Å²) >= 11 is 3.37. The summed E-state index contributed by atoms with van der Waals surface area (Å²) in [5.74, 6) is 0. The Morgan fingerprint density at radius 3 is 3.27 bits per heavy atom. The number of pyridine rings is 1. The lowest BCUT2D eigenvalue weighted by Crippen LogP contribution is -2.33. The molecule has 0 aromatic carbocycles. The first-order valence-corrected chi connectivity index (χ1v) is 6.18. The molecule has 1 aromatic heterocycles.